The molecular weight excluding hydrogens is 462 g/mol. The molecule has 210 valence electrons. The predicted molar refractivity (Wildman–Crippen MR) is 148 cm³/mol. The molecule has 0 heterocycles. The maximum absolute atomic E-state index is 13.1. The van der Waals surface area contributed by atoms with E-state index >= 15 is 0 Å². The zero-order chi connectivity index (χ0) is 27.5. The lowest BCUT2D eigenvalue weighted by Gasteiger charge is -2.69. The first-order valence-electron chi connectivity index (χ1n) is 15.0. The van der Waals surface area contributed by atoms with Crippen molar-refractivity contribution >= 4 is 11.8 Å². The number of rotatable bonds is 6. The number of aliphatic hydroxyl groups excluding tert-OH is 1. The number of Topliss-reactive ketones (excluding diaryl/α,β-unsaturated/α-hetero) is 1. The third kappa shape index (κ3) is 4.54. The summed E-state index contributed by atoms with van der Waals surface area (Å²) in [7, 11) is 0. The van der Waals surface area contributed by atoms with Gasteiger partial charge in [0.05, 0.1) is 6.10 Å². The van der Waals surface area contributed by atoms with Crippen LogP contribution in [0, 0.1) is 45.8 Å². The van der Waals surface area contributed by atoms with Gasteiger partial charge in [-0.2, -0.15) is 0 Å². The zero-order valence-electron chi connectivity index (χ0n) is 24.7. The summed E-state index contributed by atoms with van der Waals surface area (Å²) in [5.41, 5.74) is 9.15. The molecule has 0 aromatic carbocycles. The molecular formula is C32H53NO4. The van der Waals surface area contributed by atoms with Crippen LogP contribution < -0.4 is 5.73 Å². The summed E-state index contributed by atoms with van der Waals surface area (Å²) in [5, 5.41) is 10.7. The fraction of sp³-hybridized carbons (Fsp3) is 0.875. The van der Waals surface area contributed by atoms with Crippen molar-refractivity contribution in [2.75, 3.05) is 0 Å². The zero-order valence-corrected chi connectivity index (χ0v) is 24.7. The maximum Gasteiger partial charge on any atom is 0.303 e. The van der Waals surface area contributed by atoms with Crippen molar-refractivity contribution in [2.24, 2.45) is 51.6 Å². The molecule has 4 saturated carbocycles. The maximum atomic E-state index is 13.1. The quantitative estimate of drug-likeness (QED) is 0.324. The van der Waals surface area contributed by atoms with Crippen LogP contribution in [0.4, 0.5) is 0 Å². The summed E-state index contributed by atoms with van der Waals surface area (Å²) in [6, 6.07) is 0.0215. The summed E-state index contributed by atoms with van der Waals surface area (Å²) in [6.45, 7) is 17.2. The van der Waals surface area contributed by atoms with Crippen LogP contribution in [0.5, 0.6) is 0 Å². The second kappa shape index (κ2) is 10.1. The topological polar surface area (TPSA) is 89.6 Å². The van der Waals surface area contributed by atoms with Gasteiger partial charge in [-0.1, -0.05) is 48.0 Å². The Balaban J connectivity index is 1.80. The lowest BCUT2D eigenvalue weighted by atomic mass is 9.36. The number of carbonyl (C=O) groups is 2. The Hall–Kier alpha value is -1.20. The van der Waals surface area contributed by atoms with Gasteiger partial charge >= 0.3 is 5.97 Å². The molecule has 4 aliphatic rings. The number of hydrogen-bond acceptors (Lipinski definition) is 5. The molecule has 4 rings (SSSR count). The van der Waals surface area contributed by atoms with Gasteiger partial charge < -0.3 is 15.6 Å². The number of ketones is 1. The van der Waals surface area contributed by atoms with Crippen LogP contribution in [0.1, 0.15) is 113 Å². The van der Waals surface area contributed by atoms with E-state index < -0.39 is 0 Å². The minimum Gasteiger partial charge on any atom is -0.458 e. The number of fused-ring (bicyclic) bond motifs is 5. The Bertz CT molecular complexity index is 941. The number of esters is 1. The Kier molecular flexibility index (Phi) is 7.85. The highest BCUT2D eigenvalue weighted by Crippen LogP contribution is 2.74. The second-order valence-corrected chi connectivity index (χ2v) is 14.5. The Morgan fingerprint density at radius 2 is 1.78 bits per heavy atom. The number of ether oxygens (including phenoxy) is 1. The Morgan fingerprint density at radius 3 is 2.38 bits per heavy atom. The van der Waals surface area contributed by atoms with Gasteiger partial charge in [0.2, 0.25) is 0 Å². The van der Waals surface area contributed by atoms with E-state index in [2.05, 4.69) is 41.5 Å². The number of carbonyl (C=O) groups excluding carboxylic acids is 2. The van der Waals surface area contributed by atoms with Crippen molar-refractivity contribution in [1.29, 1.82) is 0 Å². The van der Waals surface area contributed by atoms with E-state index in [4.69, 9.17) is 10.5 Å². The van der Waals surface area contributed by atoms with E-state index in [1.54, 1.807) is 6.92 Å². The Morgan fingerprint density at radius 1 is 1.11 bits per heavy atom. The van der Waals surface area contributed by atoms with Crippen LogP contribution >= 0.6 is 0 Å². The third-order valence-electron chi connectivity index (χ3n) is 12.1. The standard InChI is InChI=1S/C32H53NO4/c1-18(2)10-9-11-22(20(4)34)28-24-16-25(33)29-30(6)14-13-26(36)19(3)23(30)12-15-31(29,7)32(24,8)17-27(28)37-21(5)35/h18-19,23-27,29,36H,9-17,33H2,1-8H3/b28-22-/t19-,23-,24-,25-,26+,27-,29-,30-,31-,32-/m0/s1. The Labute approximate surface area is 225 Å². The second-order valence-electron chi connectivity index (χ2n) is 14.5. The van der Waals surface area contributed by atoms with Crippen LogP contribution in [0.15, 0.2) is 11.1 Å². The lowest BCUT2D eigenvalue weighted by Crippen LogP contribution is -2.67. The number of aliphatic hydroxyl groups is 1. The largest absolute Gasteiger partial charge is 0.458 e. The summed E-state index contributed by atoms with van der Waals surface area (Å²) in [6.07, 6.45) is 7.87. The van der Waals surface area contributed by atoms with Gasteiger partial charge in [-0.3, -0.25) is 9.59 Å². The molecule has 0 radical (unpaired) electrons. The lowest BCUT2D eigenvalue weighted by molar-refractivity contribution is -0.204. The van der Waals surface area contributed by atoms with Gasteiger partial charge in [-0.05, 0) is 115 Å². The molecule has 10 atom stereocenters. The van der Waals surface area contributed by atoms with Gasteiger partial charge in [0.1, 0.15) is 6.10 Å². The van der Waals surface area contributed by atoms with Crippen LogP contribution in [0.2, 0.25) is 0 Å². The molecule has 0 bridgehead atoms. The summed E-state index contributed by atoms with van der Waals surface area (Å²) < 4.78 is 6.04. The molecule has 37 heavy (non-hydrogen) atoms. The molecule has 4 fully saturated rings. The average molecular weight is 516 g/mol. The van der Waals surface area contributed by atoms with E-state index in [0.717, 1.165) is 68.9 Å². The molecule has 3 N–H and O–H groups in total. The van der Waals surface area contributed by atoms with E-state index in [0.29, 0.717) is 23.7 Å². The fourth-order valence-electron chi connectivity index (χ4n) is 10.2. The number of nitrogens with two attached hydrogens (primary N) is 1. The molecule has 0 unspecified atom stereocenters. The smallest absolute Gasteiger partial charge is 0.303 e. The van der Waals surface area contributed by atoms with Crippen LogP contribution in [-0.4, -0.2) is 35.1 Å². The SMILES string of the molecule is CC(=O)O[C@H]1C[C@@]2(C)[C@@H](C[C@H](N)[C@H]3[C@@]4(C)CC[C@@H](O)[C@@H](C)[C@@H]4CC[C@@]32C)/C1=C(\CCCC(C)C)C(C)=O. The average Bonchev–Trinajstić information content (AvgIpc) is 3.05. The van der Waals surface area contributed by atoms with Crippen molar-refractivity contribution < 1.29 is 19.4 Å². The first-order valence-corrected chi connectivity index (χ1v) is 15.0. The minimum atomic E-state index is -0.342. The molecule has 0 amide bonds. The normalized spacial score (nSPS) is 46.6. The third-order valence-corrected chi connectivity index (χ3v) is 12.1. The van der Waals surface area contributed by atoms with E-state index in [-0.39, 0.29) is 52.2 Å². The molecule has 0 saturated heterocycles. The molecule has 4 aliphatic carbocycles. The van der Waals surface area contributed by atoms with Gasteiger partial charge in [-0.25, -0.2) is 0 Å². The van der Waals surface area contributed by atoms with E-state index in [9.17, 15) is 14.7 Å². The molecule has 5 nitrogen and oxygen atoms in total. The highest BCUT2D eigenvalue weighted by molar-refractivity contribution is 5.94. The minimum absolute atomic E-state index is 0.0215. The number of hydrogen-bond donors (Lipinski definition) is 2. The van der Waals surface area contributed by atoms with Gasteiger partial charge in [0.15, 0.2) is 5.78 Å². The monoisotopic (exact) mass is 515 g/mol. The van der Waals surface area contributed by atoms with Crippen LogP contribution in [0.3, 0.4) is 0 Å². The molecule has 0 spiro atoms. The first kappa shape index (κ1) is 28.8. The molecule has 0 aromatic heterocycles. The predicted octanol–water partition coefficient (Wildman–Crippen LogP) is 6.22. The van der Waals surface area contributed by atoms with Crippen LogP contribution in [-0.2, 0) is 14.3 Å². The van der Waals surface area contributed by atoms with Crippen LogP contribution in [0.25, 0.3) is 0 Å². The van der Waals surface area contributed by atoms with Gasteiger partial charge in [0.25, 0.3) is 0 Å². The summed E-state index contributed by atoms with van der Waals surface area (Å²) in [5.74, 6) is 1.70. The molecule has 0 aromatic rings. The van der Waals surface area contributed by atoms with Crippen molar-refractivity contribution in [3.8, 4) is 0 Å². The highest BCUT2D eigenvalue weighted by Gasteiger charge is 2.70. The van der Waals surface area contributed by atoms with Crippen molar-refractivity contribution in [2.45, 2.75) is 131 Å². The van der Waals surface area contributed by atoms with E-state index in [1.165, 1.54) is 6.92 Å². The number of allylic oxidation sites excluding steroid dienone is 1. The summed E-state index contributed by atoms with van der Waals surface area (Å²) >= 11 is 0. The van der Waals surface area contributed by atoms with Crippen molar-refractivity contribution in [3.63, 3.8) is 0 Å². The molecule has 0 aliphatic heterocycles. The highest BCUT2D eigenvalue weighted by atomic mass is 16.5. The van der Waals surface area contributed by atoms with Gasteiger partial charge in [-0.15, -0.1) is 0 Å². The summed E-state index contributed by atoms with van der Waals surface area (Å²) in [4.78, 5) is 25.4. The molecule has 5 heteroatoms. The first-order chi connectivity index (χ1) is 17.2. The van der Waals surface area contributed by atoms with Crippen molar-refractivity contribution in [1.82, 2.24) is 0 Å². The fourth-order valence-corrected chi connectivity index (χ4v) is 10.2. The van der Waals surface area contributed by atoms with E-state index in [1.807, 2.05) is 0 Å². The van der Waals surface area contributed by atoms with Crippen molar-refractivity contribution in [3.05, 3.63) is 11.1 Å². The van der Waals surface area contributed by atoms with Gasteiger partial charge in [0, 0.05) is 13.0 Å².